The van der Waals surface area contributed by atoms with E-state index in [1.165, 1.54) is 0 Å². The quantitative estimate of drug-likeness (QED) is 0.396. The molecule has 30 heavy (non-hydrogen) atoms. The van der Waals surface area contributed by atoms with Gasteiger partial charge in [-0.3, -0.25) is 4.79 Å². The van der Waals surface area contributed by atoms with E-state index in [4.69, 9.17) is 25.7 Å². The summed E-state index contributed by atoms with van der Waals surface area (Å²) < 4.78 is 11.6. The second kappa shape index (κ2) is 8.31. The molecule has 152 valence electrons. The van der Waals surface area contributed by atoms with E-state index >= 15 is 0 Å². The van der Waals surface area contributed by atoms with Gasteiger partial charge in [-0.2, -0.15) is 0 Å². The third-order valence-electron chi connectivity index (χ3n) is 4.99. The number of fused-ring (bicyclic) bond motifs is 1. The van der Waals surface area contributed by atoms with Crippen molar-refractivity contribution in [1.82, 2.24) is 0 Å². The highest BCUT2D eigenvalue weighted by Crippen LogP contribution is 2.31. The summed E-state index contributed by atoms with van der Waals surface area (Å²) in [6.45, 7) is 0.693. The first-order valence-corrected chi connectivity index (χ1v) is 9.56. The van der Waals surface area contributed by atoms with Crippen LogP contribution in [-0.4, -0.2) is 11.1 Å². The van der Waals surface area contributed by atoms with Crippen LogP contribution in [0.1, 0.15) is 16.7 Å². The van der Waals surface area contributed by atoms with E-state index in [1.54, 1.807) is 24.5 Å². The lowest BCUT2D eigenvalue weighted by Crippen LogP contribution is -2.06. The molecule has 1 aromatic heterocycles. The molecule has 0 saturated heterocycles. The fourth-order valence-corrected chi connectivity index (χ4v) is 3.48. The van der Waals surface area contributed by atoms with Crippen molar-refractivity contribution >= 4 is 22.6 Å². The highest BCUT2D eigenvalue weighted by molar-refractivity contribution is 5.86. The zero-order valence-electron chi connectivity index (χ0n) is 16.3. The van der Waals surface area contributed by atoms with Crippen LogP contribution in [0.3, 0.4) is 0 Å². The maximum Gasteiger partial charge on any atom is 0.307 e. The first kappa shape index (κ1) is 19.5. The molecular formula is C24H22N2O4. The summed E-state index contributed by atoms with van der Waals surface area (Å²) in [6.07, 6.45) is 1.49. The minimum Gasteiger partial charge on any atom is -0.486 e. The van der Waals surface area contributed by atoms with E-state index in [0.29, 0.717) is 23.5 Å². The molecule has 0 fully saturated rings. The second-order valence-electron chi connectivity index (χ2n) is 7.07. The number of ether oxygens (including phenoxy) is 1. The van der Waals surface area contributed by atoms with Gasteiger partial charge in [0.2, 0.25) is 0 Å². The Balaban J connectivity index is 1.64. The normalized spacial score (nSPS) is 11.0. The first-order chi connectivity index (χ1) is 14.5. The summed E-state index contributed by atoms with van der Waals surface area (Å²) in [4.78, 5) is 11.1. The second-order valence-corrected chi connectivity index (χ2v) is 7.07. The Morgan fingerprint density at radius 2 is 1.80 bits per heavy atom. The zero-order valence-corrected chi connectivity index (χ0v) is 16.3. The van der Waals surface area contributed by atoms with Crippen molar-refractivity contribution in [3.63, 3.8) is 0 Å². The molecule has 0 aliphatic rings. The number of benzene rings is 3. The summed E-state index contributed by atoms with van der Waals surface area (Å²) in [7, 11) is 0. The lowest BCUT2D eigenvalue weighted by atomic mass is 10.0. The van der Waals surface area contributed by atoms with Crippen molar-refractivity contribution in [2.75, 3.05) is 5.73 Å². The van der Waals surface area contributed by atoms with Crippen molar-refractivity contribution < 1.29 is 19.1 Å². The van der Waals surface area contributed by atoms with Gasteiger partial charge < -0.3 is 25.7 Å². The van der Waals surface area contributed by atoms with Crippen LogP contribution in [0.2, 0.25) is 0 Å². The van der Waals surface area contributed by atoms with E-state index < -0.39 is 5.97 Å². The average molecular weight is 402 g/mol. The van der Waals surface area contributed by atoms with E-state index in [2.05, 4.69) is 12.1 Å². The standard InChI is InChI=1S/C24H22N2O4/c25-12-15-3-1-4-16(9-15)17-7-8-22-20(10-17)19(13-29-22)14-30-24-18(11-23(27)28)5-2-6-21(24)26/h1-10,13H,11-12,14,25-26H2,(H,27,28). The van der Waals surface area contributed by atoms with Gasteiger partial charge in [0, 0.05) is 23.1 Å². The predicted molar refractivity (Wildman–Crippen MR) is 116 cm³/mol. The summed E-state index contributed by atoms with van der Waals surface area (Å²) in [6, 6.07) is 19.2. The van der Waals surface area contributed by atoms with Gasteiger partial charge in [-0.1, -0.05) is 36.4 Å². The molecule has 6 nitrogen and oxygen atoms in total. The maximum absolute atomic E-state index is 11.1. The third kappa shape index (κ3) is 3.99. The Labute approximate surface area is 173 Å². The van der Waals surface area contributed by atoms with Gasteiger partial charge in [-0.05, 0) is 41.0 Å². The molecule has 0 amide bonds. The number of hydrogen-bond acceptors (Lipinski definition) is 5. The van der Waals surface area contributed by atoms with E-state index in [-0.39, 0.29) is 13.0 Å². The average Bonchev–Trinajstić information content (AvgIpc) is 3.15. The molecule has 0 aliphatic heterocycles. The molecule has 6 heteroatoms. The van der Waals surface area contributed by atoms with E-state index in [1.807, 2.05) is 30.3 Å². The van der Waals surface area contributed by atoms with Crippen LogP contribution in [-0.2, 0) is 24.4 Å². The van der Waals surface area contributed by atoms with Crippen LogP contribution in [0.15, 0.2) is 71.3 Å². The Hall–Kier alpha value is -3.77. The van der Waals surface area contributed by atoms with Crippen LogP contribution in [0.25, 0.3) is 22.1 Å². The number of rotatable bonds is 7. The van der Waals surface area contributed by atoms with Crippen LogP contribution >= 0.6 is 0 Å². The fraction of sp³-hybridized carbons (Fsp3) is 0.125. The van der Waals surface area contributed by atoms with Gasteiger partial charge in [0.15, 0.2) is 0 Å². The van der Waals surface area contributed by atoms with E-state index in [0.717, 1.165) is 33.2 Å². The third-order valence-corrected chi connectivity index (χ3v) is 4.99. The molecule has 0 atom stereocenters. The van der Waals surface area contributed by atoms with Crippen LogP contribution in [0, 0.1) is 0 Å². The number of carboxylic acids is 1. The number of aliphatic carboxylic acids is 1. The maximum atomic E-state index is 11.1. The Bertz CT molecular complexity index is 1210. The first-order valence-electron chi connectivity index (χ1n) is 9.56. The molecule has 0 aliphatic carbocycles. The van der Waals surface area contributed by atoms with Gasteiger partial charge in [-0.25, -0.2) is 0 Å². The molecule has 0 unspecified atom stereocenters. The predicted octanol–water partition coefficient (Wildman–Crippen LogP) is 4.35. The lowest BCUT2D eigenvalue weighted by Gasteiger charge is -2.12. The van der Waals surface area contributed by atoms with Gasteiger partial charge in [0.1, 0.15) is 17.9 Å². The largest absolute Gasteiger partial charge is 0.486 e. The number of carbonyl (C=O) groups is 1. The minimum absolute atomic E-state index is 0.159. The fourth-order valence-electron chi connectivity index (χ4n) is 3.48. The molecule has 0 radical (unpaired) electrons. The number of carboxylic acid groups (broad SMARTS) is 1. The van der Waals surface area contributed by atoms with Crippen LogP contribution < -0.4 is 16.2 Å². The van der Waals surface area contributed by atoms with Crippen molar-refractivity contribution in [2.45, 2.75) is 19.6 Å². The molecule has 4 rings (SSSR count). The van der Waals surface area contributed by atoms with Crippen molar-refractivity contribution in [1.29, 1.82) is 0 Å². The summed E-state index contributed by atoms with van der Waals surface area (Å²) in [5.41, 5.74) is 17.5. The minimum atomic E-state index is -0.941. The Morgan fingerprint density at radius 3 is 2.60 bits per heavy atom. The smallest absolute Gasteiger partial charge is 0.307 e. The number of anilines is 1. The van der Waals surface area contributed by atoms with Gasteiger partial charge >= 0.3 is 5.97 Å². The Kier molecular flexibility index (Phi) is 5.41. The molecule has 1 heterocycles. The monoisotopic (exact) mass is 402 g/mol. The van der Waals surface area contributed by atoms with E-state index in [9.17, 15) is 4.79 Å². The zero-order chi connectivity index (χ0) is 21.1. The molecular weight excluding hydrogens is 380 g/mol. The number of para-hydroxylation sites is 1. The molecule has 3 aromatic carbocycles. The van der Waals surface area contributed by atoms with Gasteiger partial charge in [-0.15, -0.1) is 0 Å². The number of nitrogen functional groups attached to an aromatic ring is 1. The summed E-state index contributed by atoms with van der Waals surface area (Å²) in [5, 5.41) is 10.1. The summed E-state index contributed by atoms with van der Waals surface area (Å²) >= 11 is 0. The highest BCUT2D eigenvalue weighted by atomic mass is 16.5. The highest BCUT2D eigenvalue weighted by Gasteiger charge is 2.14. The summed E-state index contributed by atoms with van der Waals surface area (Å²) in [5.74, 6) is -0.551. The SMILES string of the molecule is NCc1cccc(-c2ccc3occ(COc4c(N)cccc4CC(=O)O)c3c2)c1. The Morgan fingerprint density at radius 1 is 1.00 bits per heavy atom. The number of hydrogen-bond donors (Lipinski definition) is 3. The number of furan rings is 1. The van der Waals surface area contributed by atoms with Gasteiger partial charge in [0.05, 0.1) is 18.4 Å². The van der Waals surface area contributed by atoms with Crippen molar-refractivity contribution in [3.05, 3.63) is 83.6 Å². The van der Waals surface area contributed by atoms with Crippen LogP contribution in [0.4, 0.5) is 5.69 Å². The topological polar surface area (TPSA) is 112 Å². The van der Waals surface area contributed by atoms with Gasteiger partial charge in [0.25, 0.3) is 0 Å². The molecule has 0 spiro atoms. The van der Waals surface area contributed by atoms with Crippen LogP contribution in [0.5, 0.6) is 5.75 Å². The van der Waals surface area contributed by atoms with Crippen molar-refractivity contribution in [2.24, 2.45) is 5.73 Å². The molecule has 4 aromatic rings. The molecule has 0 bridgehead atoms. The number of nitrogens with two attached hydrogens (primary N) is 2. The van der Waals surface area contributed by atoms with Crippen molar-refractivity contribution in [3.8, 4) is 16.9 Å². The lowest BCUT2D eigenvalue weighted by molar-refractivity contribution is -0.136. The molecule has 5 N–H and O–H groups in total. The molecule has 0 saturated carbocycles.